The molecule has 2 aromatic heterocycles. The molecule has 1 amide bonds. The Morgan fingerprint density at radius 2 is 1.83 bits per heavy atom. The monoisotopic (exact) mass is 507 g/mol. The Labute approximate surface area is 210 Å². The summed E-state index contributed by atoms with van der Waals surface area (Å²) in [6.07, 6.45) is 1.67. The SMILES string of the molecule is CCC(C(=O)Nc1ccc(O)cc1)n1cnc2sc(C(=O)OCCOc3ccccc3)c(C)c2c1=O. The number of aromatic nitrogens is 2. The van der Waals surface area contributed by atoms with Gasteiger partial charge >= 0.3 is 5.97 Å². The van der Waals surface area contributed by atoms with Crippen molar-refractivity contribution < 1.29 is 24.2 Å². The maximum absolute atomic E-state index is 13.3. The Morgan fingerprint density at radius 3 is 2.53 bits per heavy atom. The van der Waals surface area contributed by atoms with E-state index in [1.807, 2.05) is 30.3 Å². The van der Waals surface area contributed by atoms with E-state index in [0.717, 1.165) is 11.3 Å². The minimum absolute atomic E-state index is 0.0500. The maximum atomic E-state index is 13.3. The number of nitrogens with zero attached hydrogens (tertiary/aromatic N) is 2. The molecule has 0 aliphatic rings. The van der Waals surface area contributed by atoms with Crippen LogP contribution in [-0.2, 0) is 9.53 Å². The molecule has 0 saturated heterocycles. The van der Waals surface area contributed by atoms with Crippen molar-refractivity contribution in [2.24, 2.45) is 0 Å². The molecule has 1 atom stereocenters. The molecule has 10 heteroatoms. The first-order valence-electron chi connectivity index (χ1n) is 11.3. The number of benzene rings is 2. The summed E-state index contributed by atoms with van der Waals surface area (Å²) < 4.78 is 12.2. The first-order valence-corrected chi connectivity index (χ1v) is 12.2. The molecule has 2 N–H and O–H groups in total. The maximum Gasteiger partial charge on any atom is 0.348 e. The Balaban J connectivity index is 1.50. The molecule has 4 rings (SSSR count). The van der Waals surface area contributed by atoms with E-state index in [4.69, 9.17) is 9.47 Å². The van der Waals surface area contributed by atoms with Crippen LogP contribution in [0.15, 0.2) is 65.7 Å². The number of phenols is 1. The highest BCUT2D eigenvalue weighted by Gasteiger charge is 2.25. The number of hydrogen-bond donors (Lipinski definition) is 2. The second kappa shape index (κ2) is 11.0. The first kappa shape index (κ1) is 24.9. The van der Waals surface area contributed by atoms with Gasteiger partial charge in [0.15, 0.2) is 0 Å². The number of amides is 1. The van der Waals surface area contributed by atoms with Gasteiger partial charge in [-0.25, -0.2) is 9.78 Å². The molecule has 0 saturated carbocycles. The van der Waals surface area contributed by atoms with Crippen LogP contribution in [0.3, 0.4) is 0 Å². The van der Waals surface area contributed by atoms with Crippen molar-refractivity contribution in [2.75, 3.05) is 18.5 Å². The lowest BCUT2D eigenvalue weighted by Crippen LogP contribution is -2.33. The van der Waals surface area contributed by atoms with Crippen LogP contribution in [-0.4, -0.2) is 39.7 Å². The number of fused-ring (bicyclic) bond motifs is 1. The van der Waals surface area contributed by atoms with E-state index in [2.05, 4.69) is 10.3 Å². The minimum Gasteiger partial charge on any atom is -0.508 e. The van der Waals surface area contributed by atoms with E-state index in [-0.39, 0.29) is 29.2 Å². The van der Waals surface area contributed by atoms with Crippen molar-refractivity contribution in [3.8, 4) is 11.5 Å². The standard InChI is InChI=1S/C26H25N3O6S/c1-3-20(23(31)28-17-9-11-18(30)12-10-17)29-15-27-24-21(25(29)32)16(2)22(36-24)26(33)35-14-13-34-19-7-5-4-6-8-19/h4-12,15,20,30H,3,13-14H2,1-2H3,(H,28,31). The number of hydrogen-bond acceptors (Lipinski definition) is 8. The predicted molar refractivity (Wildman–Crippen MR) is 137 cm³/mol. The van der Waals surface area contributed by atoms with Crippen LogP contribution in [0.1, 0.15) is 34.6 Å². The number of nitrogens with one attached hydrogen (secondary N) is 1. The van der Waals surface area contributed by atoms with Crippen molar-refractivity contribution in [3.63, 3.8) is 0 Å². The van der Waals surface area contributed by atoms with E-state index < -0.39 is 23.5 Å². The molecule has 0 radical (unpaired) electrons. The lowest BCUT2D eigenvalue weighted by Gasteiger charge is -2.17. The summed E-state index contributed by atoms with van der Waals surface area (Å²) in [6.45, 7) is 3.70. The minimum atomic E-state index is -0.812. The fourth-order valence-electron chi connectivity index (χ4n) is 3.71. The number of para-hydroxylation sites is 1. The predicted octanol–water partition coefficient (Wildman–Crippen LogP) is 4.30. The number of aryl methyl sites for hydroxylation is 1. The van der Waals surface area contributed by atoms with E-state index in [1.54, 1.807) is 26.0 Å². The third-order valence-corrected chi connectivity index (χ3v) is 6.73. The van der Waals surface area contributed by atoms with Crippen LogP contribution in [0, 0.1) is 6.92 Å². The lowest BCUT2D eigenvalue weighted by molar-refractivity contribution is -0.119. The second-order valence-electron chi connectivity index (χ2n) is 7.95. The van der Waals surface area contributed by atoms with Crippen LogP contribution in [0.4, 0.5) is 5.69 Å². The first-order chi connectivity index (χ1) is 17.4. The van der Waals surface area contributed by atoms with Crippen molar-refractivity contribution in [1.82, 2.24) is 9.55 Å². The van der Waals surface area contributed by atoms with Crippen molar-refractivity contribution >= 4 is 39.1 Å². The number of phenolic OH excluding ortho intramolecular Hbond substituents is 1. The molecule has 0 bridgehead atoms. The van der Waals surface area contributed by atoms with Gasteiger partial charge in [-0.2, -0.15) is 0 Å². The molecule has 4 aromatic rings. The number of esters is 1. The fourth-order valence-corrected chi connectivity index (χ4v) is 4.74. The highest BCUT2D eigenvalue weighted by Crippen LogP contribution is 2.28. The van der Waals surface area contributed by atoms with Crippen molar-refractivity contribution in [1.29, 1.82) is 0 Å². The van der Waals surface area contributed by atoms with Crippen LogP contribution in [0.25, 0.3) is 10.2 Å². The quantitative estimate of drug-likeness (QED) is 0.197. The number of rotatable bonds is 9. The summed E-state index contributed by atoms with van der Waals surface area (Å²) in [4.78, 5) is 44.0. The average Bonchev–Trinajstić information content (AvgIpc) is 3.22. The van der Waals surface area contributed by atoms with Gasteiger partial charge in [-0.3, -0.25) is 14.2 Å². The molecule has 36 heavy (non-hydrogen) atoms. The van der Waals surface area contributed by atoms with Gasteiger partial charge in [-0.15, -0.1) is 11.3 Å². The molecule has 2 aromatic carbocycles. The van der Waals surface area contributed by atoms with Gasteiger partial charge in [0.1, 0.15) is 40.5 Å². The highest BCUT2D eigenvalue weighted by molar-refractivity contribution is 7.20. The van der Waals surface area contributed by atoms with E-state index in [9.17, 15) is 19.5 Å². The van der Waals surface area contributed by atoms with E-state index in [0.29, 0.717) is 28.3 Å². The van der Waals surface area contributed by atoms with Gasteiger partial charge in [0.2, 0.25) is 5.91 Å². The zero-order valence-electron chi connectivity index (χ0n) is 19.8. The van der Waals surface area contributed by atoms with Crippen LogP contribution < -0.4 is 15.6 Å². The third-order valence-electron chi connectivity index (χ3n) is 5.55. The van der Waals surface area contributed by atoms with Crippen LogP contribution in [0.5, 0.6) is 11.5 Å². The topological polar surface area (TPSA) is 120 Å². The molecule has 2 heterocycles. The van der Waals surface area contributed by atoms with Crippen LogP contribution in [0.2, 0.25) is 0 Å². The summed E-state index contributed by atoms with van der Waals surface area (Å²) in [5.74, 6) is -0.194. The molecule has 186 valence electrons. The fraction of sp³-hybridized carbons (Fsp3) is 0.231. The van der Waals surface area contributed by atoms with Gasteiger partial charge in [0.05, 0.1) is 11.7 Å². The summed E-state index contributed by atoms with van der Waals surface area (Å²) in [5.41, 5.74) is 0.545. The number of carbonyl (C=O) groups excluding carboxylic acids is 2. The zero-order chi connectivity index (χ0) is 25.7. The molecule has 0 aliphatic carbocycles. The third kappa shape index (κ3) is 5.38. The van der Waals surface area contributed by atoms with Gasteiger partial charge in [-0.05, 0) is 55.3 Å². The molecular formula is C26H25N3O6S. The smallest absolute Gasteiger partial charge is 0.348 e. The number of thiophene rings is 1. The Hall–Kier alpha value is -4.18. The van der Waals surface area contributed by atoms with Gasteiger partial charge in [0.25, 0.3) is 5.56 Å². The zero-order valence-corrected chi connectivity index (χ0v) is 20.6. The molecule has 1 unspecified atom stereocenters. The van der Waals surface area contributed by atoms with E-state index in [1.165, 1.54) is 23.0 Å². The number of aromatic hydroxyl groups is 1. The van der Waals surface area contributed by atoms with Crippen molar-refractivity contribution in [3.05, 3.63) is 81.7 Å². The van der Waals surface area contributed by atoms with E-state index >= 15 is 0 Å². The largest absolute Gasteiger partial charge is 0.508 e. The second-order valence-corrected chi connectivity index (χ2v) is 8.95. The Bertz CT molecular complexity index is 1430. The normalized spacial score (nSPS) is 11.7. The summed E-state index contributed by atoms with van der Waals surface area (Å²) in [5, 5.41) is 12.5. The molecule has 0 fully saturated rings. The Morgan fingerprint density at radius 1 is 1.11 bits per heavy atom. The summed E-state index contributed by atoms with van der Waals surface area (Å²) >= 11 is 1.08. The van der Waals surface area contributed by atoms with Gasteiger partial charge in [-0.1, -0.05) is 25.1 Å². The van der Waals surface area contributed by atoms with Crippen molar-refractivity contribution in [2.45, 2.75) is 26.3 Å². The lowest BCUT2D eigenvalue weighted by atomic mass is 10.1. The van der Waals surface area contributed by atoms with Crippen LogP contribution >= 0.6 is 11.3 Å². The molecule has 9 nitrogen and oxygen atoms in total. The molecular weight excluding hydrogens is 482 g/mol. The summed E-state index contributed by atoms with van der Waals surface area (Å²) in [6, 6.07) is 14.4. The number of carbonyl (C=O) groups is 2. The highest BCUT2D eigenvalue weighted by atomic mass is 32.1. The number of ether oxygens (including phenoxy) is 2. The van der Waals surface area contributed by atoms with Gasteiger partial charge in [0, 0.05) is 5.69 Å². The summed E-state index contributed by atoms with van der Waals surface area (Å²) in [7, 11) is 0. The number of anilines is 1. The average molecular weight is 508 g/mol. The van der Waals surface area contributed by atoms with Gasteiger partial charge < -0.3 is 19.9 Å². The molecule has 0 aliphatic heterocycles. The molecule has 0 spiro atoms. The Kier molecular flexibility index (Phi) is 7.65.